The van der Waals surface area contributed by atoms with Crippen LogP contribution >= 0.6 is 0 Å². The predicted octanol–water partition coefficient (Wildman–Crippen LogP) is 1.29. The van der Waals surface area contributed by atoms with Gasteiger partial charge in [-0.15, -0.1) is 6.58 Å². The van der Waals surface area contributed by atoms with Crippen molar-refractivity contribution in [1.29, 1.82) is 0 Å². The maximum absolute atomic E-state index is 3.71. The van der Waals surface area contributed by atoms with E-state index >= 15 is 0 Å². The molecule has 2 nitrogen and oxygen atoms in total. The molecule has 1 saturated heterocycles. The SMILES string of the molecule is C=CCCNC1CCCNCC1. The second kappa shape index (κ2) is 6.21. The van der Waals surface area contributed by atoms with Gasteiger partial charge in [0.25, 0.3) is 0 Å². The Bertz CT molecular complexity index is 115. The van der Waals surface area contributed by atoms with E-state index in [4.69, 9.17) is 0 Å². The van der Waals surface area contributed by atoms with Crippen LogP contribution in [0.3, 0.4) is 0 Å². The minimum Gasteiger partial charge on any atom is -0.317 e. The van der Waals surface area contributed by atoms with Crippen LogP contribution in [0.15, 0.2) is 12.7 Å². The fraction of sp³-hybridized carbons (Fsp3) is 0.800. The molecule has 70 valence electrons. The van der Waals surface area contributed by atoms with Gasteiger partial charge in [-0.05, 0) is 45.3 Å². The second-order valence-electron chi connectivity index (χ2n) is 3.41. The van der Waals surface area contributed by atoms with E-state index in [0.29, 0.717) is 0 Å². The van der Waals surface area contributed by atoms with Crippen molar-refractivity contribution in [1.82, 2.24) is 10.6 Å². The minimum absolute atomic E-state index is 0.736. The molecule has 0 spiro atoms. The van der Waals surface area contributed by atoms with Gasteiger partial charge in [0, 0.05) is 6.04 Å². The fourth-order valence-electron chi connectivity index (χ4n) is 1.61. The maximum Gasteiger partial charge on any atom is 0.00797 e. The van der Waals surface area contributed by atoms with Crippen molar-refractivity contribution in [2.45, 2.75) is 31.7 Å². The van der Waals surface area contributed by atoms with E-state index in [1.54, 1.807) is 0 Å². The lowest BCUT2D eigenvalue weighted by atomic mass is 10.1. The molecular weight excluding hydrogens is 148 g/mol. The van der Waals surface area contributed by atoms with Gasteiger partial charge in [0.05, 0.1) is 0 Å². The zero-order valence-electron chi connectivity index (χ0n) is 7.81. The van der Waals surface area contributed by atoms with Gasteiger partial charge in [0.15, 0.2) is 0 Å². The van der Waals surface area contributed by atoms with E-state index in [1.165, 1.54) is 32.4 Å². The average Bonchev–Trinajstić information content (AvgIpc) is 2.33. The Balaban J connectivity index is 2.07. The molecule has 0 amide bonds. The van der Waals surface area contributed by atoms with Gasteiger partial charge >= 0.3 is 0 Å². The van der Waals surface area contributed by atoms with Crippen molar-refractivity contribution >= 4 is 0 Å². The predicted molar refractivity (Wildman–Crippen MR) is 53.3 cm³/mol. The van der Waals surface area contributed by atoms with E-state index in [9.17, 15) is 0 Å². The molecule has 0 aromatic rings. The molecule has 0 saturated carbocycles. The molecule has 1 aliphatic rings. The Morgan fingerprint density at radius 1 is 1.42 bits per heavy atom. The van der Waals surface area contributed by atoms with Gasteiger partial charge in [-0.3, -0.25) is 0 Å². The van der Waals surface area contributed by atoms with Gasteiger partial charge in [-0.2, -0.15) is 0 Å². The summed E-state index contributed by atoms with van der Waals surface area (Å²) in [6.07, 6.45) is 6.97. The fourth-order valence-corrected chi connectivity index (χ4v) is 1.61. The topological polar surface area (TPSA) is 24.1 Å². The molecule has 0 aromatic heterocycles. The van der Waals surface area contributed by atoms with E-state index < -0.39 is 0 Å². The van der Waals surface area contributed by atoms with Crippen molar-refractivity contribution in [2.75, 3.05) is 19.6 Å². The normalized spacial score (nSPS) is 24.8. The third-order valence-electron chi connectivity index (χ3n) is 2.36. The van der Waals surface area contributed by atoms with E-state index in [0.717, 1.165) is 19.0 Å². The third kappa shape index (κ3) is 3.88. The smallest absolute Gasteiger partial charge is 0.00797 e. The molecule has 1 fully saturated rings. The zero-order valence-corrected chi connectivity index (χ0v) is 7.81. The van der Waals surface area contributed by atoms with E-state index in [-0.39, 0.29) is 0 Å². The summed E-state index contributed by atoms with van der Waals surface area (Å²) < 4.78 is 0. The number of hydrogen-bond acceptors (Lipinski definition) is 2. The first-order chi connectivity index (χ1) is 5.93. The van der Waals surface area contributed by atoms with Crippen molar-refractivity contribution < 1.29 is 0 Å². The highest BCUT2D eigenvalue weighted by atomic mass is 14.9. The first kappa shape index (κ1) is 9.75. The van der Waals surface area contributed by atoms with Crippen LogP contribution in [0.2, 0.25) is 0 Å². The van der Waals surface area contributed by atoms with Gasteiger partial charge < -0.3 is 10.6 Å². The van der Waals surface area contributed by atoms with E-state index in [2.05, 4.69) is 17.2 Å². The van der Waals surface area contributed by atoms with Crippen LogP contribution in [0, 0.1) is 0 Å². The average molecular weight is 168 g/mol. The van der Waals surface area contributed by atoms with Crippen LogP contribution in [-0.2, 0) is 0 Å². The number of nitrogens with one attached hydrogen (secondary N) is 2. The summed E-state index contributed by atoms with van der Waals surface area (Å²) in [5.41, 5.74) is 0. The van der Waals surface area contributed by atoms with E-state index in [1.807, 2.05) is 6.08 Å². The summed E-state index contributed by atoms with van der Waals surface area (Å²) >= 11 is 0. The summed E-state index contributed by atoms with van der Waals surface area (Å²) in [4.78, 5) is 0. The van der Waals surface area contributed by atoms with Crippen molar-refractivity contribution in [3.8, 4) is 0 Å². The lowest BCUT2D eigenvalue weighted by Crippen LogP contribution is -2.30. The number of hydrogen-bond donors (Lipinski definition) is 2. The second-order valence-corrected chi connectivity index (χ2v) is 3.41. The number of rotatable bonds is 4. The highest BCUT2D eigenvalue weighted by Crippen LogP contribution is 2.04. The van der Waals surface area contributed by atoms with Crippen LogP contribution < -0.4 is 10.6 Å². The molecule has 0 radical (unpaired) electrons. The molecule has 1 unspecified atom stereocenters. The van der Waals surface area contributed by atoms with Crippen molar-refractivity contribution in [3.63, 3.8) is 0 Å². The lowest BCUT2D eigenvalue weighted by molar-refractivity contribution is 0.474. The molecule has 1 atom stereocenters. The molecule has 2 heteroatoms. The van der Waals surface area contributed by atoms with Gasteiger partial charge in [0.1, 0.15) is 0 Å². The highest BCUT2D eigenvalue weighted by molar-refractivity contribution is 4.75. The molecule has 0 aromatic carbocycles. The molecule has 1 rings (SSSR count). The molecule has 2 N–H and O–H groups in total. The summed E-state index contributed by atoms with van der Waals surface area (Å²) in [5.74, 6) is 0. The standard InChI is InChI=1S/C10H20N2/c1-2-3-8-12-10-5-4-7-11-9-6-10/h2,10-12H,1,3-9H2. The Hall–Kier alpha value is -0.340. The minimum atomic E-state index is 0.736. The Morgan fingerprint density at radius 3 is 3.17 bits per heavy atom. The van der Waals surface area contributed by atoms with Crippen molar-refractivity contribution in [3.05, 3.63) is 12.7 Å². The third-order valence-corrected chi connectivity index (χ3v) is 2.36. The Labute approximate surface area is 75.4 Å². The zero-order chi connectivity index (χ0) is 8.65. The first-order valence-corrected chi connectivity index (χ1v) is 4.98. The Morgan fingerprint density at radius 2 is 2.33 bits per heavy atom. The first-order valence-electron chi connectivity index (χ1n) is 4.98. The highest BCUT2D eigenvalue weighted by Gasteiger charge is 2.09. The quantitative estimate of drug-likeness (QED) is 0.488. The molecule has 0 aliphatic carbocycles. The summed E-state index contributed by atoms with van der Waals surface area (Å²) in [6.45, 7) is 7.17. The van der Waals surface area contributed by atoms with Gasteiger partial charge in [-0.1, -0.05) is 6.08 Å². The molecule has 12 heavy (non-hydrogen) atoms. The Kier molecular flexibility index (Phi) is 5.04. The van der Waals surface area contributed by atoms with Crippen LogP contribution in [-0.4, -0.2) is 25.7 Å². The summed E-state index contributed by atoms with van der Waals surface area (Å²) in [6, 6.07) is 0.736. The van der Waals surface area contributed by atoms with Crippen LogP contribution in [0.1, 0.15) is 25.7 Å². The summed E-state index contributed by atoms with van der Waals surface area (Å²) in [7, 11) is 0. The largest absolute Gasteiger partial charge is 0.317 e. The summed E-state index contributed by atoms with van der Waals surface area (Å²) in [5, 5.41) is 6.96. The molecule has 1 aliphatic heterocycles. The molecule has 1 heterocycles. The molecule has 0 bridgehead atoms. The molecular formula is C10H20N2. The monoisotopic (exact) mass is 168 g/mol. The maximum atomic E-state index is 3.71. The van der Waals surface area contributed by atoms with Gasteiger partial charge in [-0.25, -0.2) is 0 Å². The van der Waals surface area contributed by atoms with Crippen LogP contribution in [0.5, 0.6) is 0 Å². The van der Waals surface area contributed by atoms with Gasteiger partial charge in [0.2, 0.25) is 0 Å². The van der Waals surface area contributed by atoms with Crippen LogP contribution in [0.4, 0.5) is 0 Å². The lowest BCUT2D eigenvalue weighted by Gasteiger charge is -2.14. The van der Waals surface area contributed by atoms with Crippen LogP contribution in [0.25, 0.3) is 0 Å². The van der Waals surface area contributed by atoms with Crippen molar-refractivity contribution in [2.24, 2.45) is 0 Å².